The zero-order valence-corrected chi connectivity index (χ0v) is 15.7. The molecule has 0 aliphatic rings. The summed E-state index contributed by atoms with van der Waals surface area (Å²) >= 11 is 0. The second kappa shape index (κ2) is 8.01. The van der Waals surface area contributed by atoms with Crippen LogP contribution in [0.25, 0.3) is 0 Å². The number of rotatable bonds is 10. The topological polar surface area (TPSA) is 144 Å². The minimum absolute atomic E-state index is 0.154. The first-order chi connectivity index (χ1) is 10.6. The predicted octanol–water partition coefficient (Wildman–Crippen LogP) is 0.0781. The van der Waals surface area contributed by atoms with Crippen molar-refractivity contribution in [2.24, 2.45) is 5.92 Å². The first kappa shape index (κ1) is 23.1. The molecule has 14 heteroatoms. The van der Waals surface area contributed by atoms with E-state index >= 15 is 0 Å². The number of nitrogens with one attached hydrogen (secondary N) is 2. The molecule has 0 aliphatic heterocycles. The van der Waals surface area contributed by atoms with Crippen LogP contribution in [0.5, 0.6) is 0 Å². The van der Waals surface area contributed by atoms with Gasteiger partial charge in [0.1, 0.15) is 0 Å². The molecule has 0 saturated carbocycles. The Morgan fingerprint density at radius 3 is 1.92 bits per heavy atom. The van der Waals surface area contributed by atoms with Gasteiger partial charge < -0.3 is 0 Å². The van der Waals surface area contributed by atoms with Crippen LogP contribution in [0.4, 0.5) is 8.78 Å². The van der Waals surface area contributed by atoms with Gasteiger partial charge in [0.05, 0.1) is 6.26 Å². The first-order valence-electron chi connectivity index (χ1n) is 6.78. The molecule has 1 atom stereocenters. The molecule has 0 heterocycles. The van der Waals surface area contributed by atoms with Crippen molar-refractivity contribution in [3.05, 3.63) is 0 Å². The van der Waals surface area contributed by atoms with Crippen molar-refractivity contribution in [2.45, 2.75) is 44.1 Å². The second-order valence-corrected chi connectivity index (χ2v) is 10.8. The molecule has 1 unspecified atom stereocenters. The number of sulfonamides is 3. The van der Waals surface area contributed by atoms with Crippen LogP contribution < -0.4 is 8.85 Å². The van der Waals surface area contributed by atoms with Crippen molar-refractivity contribution < 1.29 is 38.8 Å². The summed E-state index contributed by atoms with van der Waals surface area (Å²) in [7, 11) is -16.8. The maximum Gasteiger partial charge on any atom is 0.479 e. The summed E-state index contributed by atoms with van der Waals surface area (Å²) < 4.78 is 91.0. The Kier molecular flexibility index (Phi) is 7.73. The lowest BCUT2D eigenvalue weighted by molar-refractivity contribution is -0.123. The van der Waals surface area contributed by atoms with E-state index < -0.39 is 46.5 Å². The van der Waals surface area contributed by atoms with Crippen molar-refractivity contribution in [3.8, 4) is 0 Å². The molecule has 0 aliphatic carbocycles. The summed E-state index contributed by atoms with van der Waals surface area (Å²) in [6.45, 7) is 3.34. The summed E-state index contributed by atoms with van der Waals surface area (Å²) in [4.78, 5) is 11.8. The van der Waals surface area contributed by atoms with Crippen LogP contribution in [0, 0.1) is 5.92 Å². The molecule has 0 fully saturated rings. The minimum atomic E-state index is -6.14. The normalized spacial score (nSPS) is 15.0. The van der Waals surface area contributed by atoms with Gasteiger partial charge >= 0.3 is 24.6 Å². The van der Waals surface area contributed by atoms with Gasteiger partial charge in [-0.1, -0.05) is 26.7 Å². The summed E-state index contributed by atoms with van der Waals surface area (Å²) in [6, 6.07) is 0. The van der Waals surface area contributed by atoms with E-state index in [4.69, 9.17) is 0 Å². The third kappa shape index (κ3) is 5.89. The number of hydrogen-bond acceptors (Lipinski definition) is 7. The smallest absolute Gasteiger partial charge is 0.274 e. The van der Waals surface area contributed by atoms with Crippen LogP contribution >= 0.6 is 0 Å². The second-order valence-electron chi connectivity index (χ2n) is 5.04. The first-order valence-corrected chi connectivity index (χ1v) is 11.6. The van der Waals surface area contributed by atoms with Crippen molar-refractivity contribution in [3.63, 3.8) is 0 Å². The van der Waals surface area contributed by atoms with Gasteiger partial charge in [-0.2, -0.15) is 17.2 Å². The summed E-state index contributed by atoms with van der Waals surface area (Å²) in [5, 5.41) is 0. The molecule has 9 nitrogen and oxygen atoms in total. The lowest BCUT2D eigenvalue weighted by Gasteiger charge is -2.20. The molecule has 0 aromatic heterocycles. The average molecular weight is 414 g/mol. The third-order valence-corrected chi connectivity index (χ3v) is 8.02. The molecule has 0 rings (SSSR count). The fourth-order valence-corrected chi connectivity index (χ4v) is 5.76. The predicted molar refractivity (Wildman–Crippen MR) is 82.2 cm³/mol. The van der Waals surface area contributed by atoms with E-state index in [0.29, 0.717) is 17.0 Å². The molecule has 1 amide bonds. The van der Waals surface area contributed by atoms with E-state index in [2.05, 4.69) is 0 Å². The van der Waals surface area contributed by atoms with E-state index in [1.165, 1.54) is 6.92 Å². The number of unbranched alkanes of at least 4 members (excludes halogenated alkanes) is 1. The molecule has 2 N–H and O–H groups in total. The van der Waals surface area contributed by atoms with E-state index in [1.54, 1.807) is 6.92 Å². The summed E-state index contributed by atoms with van der Waals surface area (Å²) in [5.41, 5.74) is 0. The number of hydrogen-bond donors (Lipinski definition) is 2. The Labute approximate surface area is 140 Å². The molecular formula is C10H20F2N2O7S3. The Balaban J connectivity index is 5.54. The van der Waals surface area contributed by atoms with Gasteiger partial charge in [-0.3, -0.25) is 4.79 Å². The van der Waals surface area contributed by atoms with E-state index in [0.717, 1.165) is 4.72 Å². The van der Waals surface area contributed by atoms with Crippen molar-refractivity contribution in [1.82, 2.24) is 8.85 Å². The Bertz CT molecular complexity index is 760. The molecule has 0 bridgehead atoms. The van der Waals surface area contributed by atoms with Crippen LogP contribution in [0.2, 0.25) is 0 Å². The Morgan fingerprint density at radius 2 is 1.54 bits per heavy atom. The van der Waals surface area contributed by atoms with E-state index in [-0.39, 0.29) is 19.1 Å². The van der Waals surface area contributed by atoms with Gasteiger partial charge in [0, 0.05) is 5.92 Å². The van der Waals surface area contributed by atoms with Crippen LogP contribution in [-0.2, 0) is 34.9 Å². The summed E-state index contributed by atoms with van der Waals surface area (Å²) in [5.74, 6) is -2.18. The largest absolute Gasteiger partial charge is 0.479 e. The SMILES string of the molecule is CCCCC(CC)C(=O)NS(=O)(=O)C(F)(F)S(=O)(=O)NS(C)(=O)=O. The summed E-state index contributed by atoms with van der Waals surface area (Å²) in [6.07, 6.45) is 1.86. The van der Waals surface area contributed by atoms with Gasteiger partial charge in [-0.15, -0.1) is 4.13 Å². The Hall–Kier alpha value is -0.860. The molecular weight excluding hydrogens is 394 g/mol. The molecule has 0 aromatic carbocycles. The molecule has 0 saturated heterocycles. The molecule has 24 heavy (non-hydrogen) atoms. The number of halogens is 2. The zero-order chi connectivity index (χ0) is 19.4. The fraction of sp³-hybridized carbons (Fsp3) is 0.900. The van der Waals surface area contributed by atoms with Crippen molar-refractivity contribution in [2.75, 3.05) is 6.26 Å². The quantitative estimate of drug-likeness (QED) is 0.515. The highest BCUT2D eigenvalue weighted by Crippen LogP contribution is 2.28. The van der Waals surface area contributed by atoms with Gasteiger partial charge in [0.25, 0.3) is 0 Å². The number of carbonyl (C=O) groups is 1. The molecule has 0 aromatic rings. The van der Waals surface area contributed by atoms with Gasteiger partial charge in [0.15, 0.2) is 0 Å². The van der Waals surface area contributed by atoms with Crippen molar-refractivity contribution >= 4 is 36.0 Å². The molecule has 0 radical (unpaired) electrons. The van der Waals surface area contributed by atoms with E-state index in [9.17, 15) is 38.8 Å². The highest BCUT2D eigenvalue weighted by atomic mass is 32.3. The van der Waals surface area contributed by atoms with Crippen LogP contribution in [-0.4, -0.2) is 42.0 Å². The standard InChI is InChI=1S/C10H20F2N2O7S3/c1-4-6-7-8(5-2)9(15)13-23(18,19)10(11,12)24(20,21)14-22(3,16)17/h8,14H,4-7H2,1-3H3,(H,13,15). The van der Waals surface area contributed by atoms with Crippen LogP contribution in [0.3, 0.4) is 0 Å². The molecule has 0 spiro atoms. The molecule has 144 valence electrons. The maximum absolute atomic E-state index is 13.8. The minimum Gasteiger partial charge on any atom is -0.274 e. The Morgan fingerprint density at radius 1 is 1.04 bits per heavy atom. The van der Waals surface area contributed by atoms with Gasteiger partial charge in [-0.05, 0) is 12.8 Å². The number of alkyl halides is 2. The lowest BCUT2D eigenvalue weighted by Crippen LogP contribution is -2.53. The highest BCUT2D eigenvalue weighted by molar-refractivity contribution is 8.13. The lowest BCUT2D eigenvalue weighted by atomic mass is 9.99. The average Bonchev–Trinajstić information content (AvgIpc) is 2.35. The van der Waals surface area contributed by atoms with Gasteiger partial charge in [0.2, 0.25) is 15.9 Å². The van der Waals surface area contributed by atoms with Gasteiger partial charge in [-0.25, -0.2) is 21.6 Å². The van der Waals surface area contributed by atoms with Crippen LogP contribution in [0.15, 0.2) is 0 Å². The van der Waals surface area contributed by atoms with E-state index in [1.807, 2.05) is 0 Å². The monoisotopic (exact) mass is 414 g/mol. The zero-order valence-electron chi connectivity index (χ0n) is 13.2. The van der Waals surface area contributed by atoms with Crippen molar-refractivity contribution in [1.29, 1.82) is 0 Å². The number of amides is 1. The highest BCUT2D eigenvalue weighted by Gasteiger charge is 2.59. The third-order valence-electron chi connectivity index (χ3n) is 2.89. The maximum atomic E-state index is 13.8. The van der Waals surface area contributed by atoms with Crippen LogP contribution in [0.1, 0.15) is 39.5 Å². The number of carbonyl (C=O) groups excluding carboxylic acids is 1. The fourth-order valence-electron chi connectivity index (χ4n) is 1.64.